The molecular weight excluding hydrogens is 228 g/mol. The molecule has 2 heterocycles. The summed E-state index contributed by atoms with van der Waals surface area (Å²) in [6, 6.07) is 12.3. The van der Waals surface area contributed by atoms with E-state index in [2.05, 4.69) is 34.6 Å². The van der Waals surface area contributed by atoms with Crippen molar-refractivity contribution in [3.63, 3.8) is 0 Å². The van der Waals surface area contributed by atoms with E-state index in [9.17, 15) is 0 Å². The molecular formula is C11H9ClN2S. The Morgan fingerprint density at radius 3 is 2.73 bits per heavy atom. The third kappa shape index (κ3) is 1.80. The van der Waals surface area contributed by atoms with Gasteiger partial charge in [-0.2, -0.15) is 0 Å². The van der Waals surface area contributed by atoms with Crippen LogP contribution in [0.25, 0.3) is 0 Å². The van der Waals surface area contributed by atoms with Gasteiger partial charge in [0.25, 0.3) is 0 Å². The number of hydrogen-bond donors (Lipinski definition) is 1. The number of aromatic nitrogens is 1. The summed E-state index contributed by atoms with van der Waals surface area (Å²) in [6.45, 7) is 0. The fraction of sp³-hybridized carbons (Fsp3) is 0. The van der Waals surface area contributed by atoms with Gasteiger partial charge in [0.2, 0.25) is 0 Å². The van der Waals surface area contributed by atoms with Gasteiger partial charge in [-0.1, -0.05) is 23.9 Å². The second-order valence-corrected chi connectivity index (χ2v) is 4.16. The predicted octanol–water partition coefficient (Wildman–Crippen LogP) is 3.71. The molecule has 0 radical (unpaired) electrons. The Balaban J connectivity index is 0.000000853. The maximum Gasteiger partial charge on any atom is 0.144 e. The summed E-state index contributed by atoms with van der Waals surface area (Å²) in [5.41, 5.74) is 1.14. The topological polar surface area (TPSA) is 24.9 Å². The largest absolute Gasteiger partial charge is 0.338 e. The molecule has 2 aromatic rings. The highest BCUT2D eigenvalue weighted by molar-refractivity contribution is 7.99. The monoisotopic (exact) mass is 236 g/mol. The van der Waals surface area contributed by atoms with E-state index in [0.29, 0.717) is 0 Å². The third-order valence-corrected chi connectivity index (χ3v) is 3.26. The van der Waals surface area contributed by atoms with E-state index in [1.807, 2.05) is 12.1 Å². The number of fused-ring (bicyclic) bond motifs is 2. The van der Waals surface area contributed by atoms with Crippen LogP contribution in [-0.4, -0.2) is 4.98 Å². The van der Waals surface area contributed by atoms with Crippen molar-refractivity contribution in [2.24, 2.45) is 0 Å². The lowest BCUT2D eigenvalue weighted by Gasteiger charge is -2.18. The number of halogens is 1. The van der Waals surface area contributed by atoms with Crippen LogP contribution in [0.2, 0.25) is 0 Å². The number of benzene rings is 1. The molecule has 0 aliphatic carbocycles. The average Bonchev–Trinajstić information content (AvgIpc) is 2.26. The van der Waals surface area contributed by atoms with Gasteiger partial charge in [0, 0.05) is 11.1 Å². The molecule has 76 valence electrons. The summed E-state index contributed by atoms with van der Waals surface area (Å²) in [5.74, 6) is 0.955. The first-order valence-electron chi connectivity index (χ1n) is 4.42. The minimum atomic E-state index is 0. The summed E-state index contributed by atoms with van der Waals surface area (Å²) >= 11 is 1.76. The Morgan fingerprint density at radius 1 is 1.00 bits per heavy atom. The van der Waals surface area contributed by atoms with Crippen molar-refractivity contribution in [3.8, 4) is 0 Å². The Labute approximate surface area is 98.5 Å². The van der Waals surface area contributed by atoms with Crippen molar-refractivity contribution in [3.05, 3.63) is 42.6 Å². The van der Waals surface area contributed by atoms with Gasteiger partial charge in [0.15, 0.2) is 0 Å². The van der Waals surface area contributed by atoms with Gasteiger partial charge in [0.1, 0.15) is 5.82 Å². The summed E-state index contributed by atoms with van der Waals surface area (Å²) in [5, 5.41) is 3.31. The molecule has 1 N–H and O–H groups in total. The first-order valence-corrected chi connectivity index (χ1v) is 5.24. The Bertz CT molecular complexity index is 400. The molecule has 0 spiro atoms. The van der Waals surface area contributed by atoms with Crippen LogP contribution in [0.4, 0.5) is 11.5 Å². The Hall–Kier alpha value is -1.19. The van der Waals surface area contributed by atoms with Crippen molar-refractivity contribution in [1.82, 2.24) is 4.98 Å². The van der Waals surface area contributed by atoms with Crippen molar-refractivity contribution in [2.75, 3.05) is 5.32 Å². The average molecular weight is 237 g/mol. The highest BCUT2D eigenvalue weighted by Gasteiger charge is 2.14. The van der Waals surface area contributed by atoms with E-state index in [1.165, 1.54) is 9.79 Å². The molecule has 0 atom stereocenters. The maximum absolute atomic E-state index is 4.29. The molecule has 2 nitrogen and oxygen atoms in total. The molecule has 0 bridgehead atoms. The number of hydrogen-bond acceptors (Lipinski definition) is 3. The van der Waals surface area contributed by atoms with Gasteiger partial charge in [-0.3, -0.25) is 0 Å². The van der Waals surface area contributed by atoms with Crippen LogP contribution in [-0.2, 0) is 0 Å². The fourth-order valence-electron chi connectivity index (χ4n) is 1.47. The van der Waals surface area contributed by atoms with E-state index in [-0.39, 0.29) is 12.4 Å². The first kappa shape index (κ1) is 10.3. The van der Waals surface area contributed by atoms with Crippen LogP contribution in [0, 0.1) is 0 Å². The molecule has 1 aromatic carbocycles. The fourth-order valence-corrected chi connectivity index (χ4v) is 2.43. The standard InChI is InChI=1S/C11H8N2S.ClH/c1-2-5-9-8(4-1)13-11-10(14-9)6-3-7-12-11;/h1-7H,(H,12,13);1H. The van der Waals surface area contributed by atoms with Crippen LogP contribution in [0.1, 0.15) is 0 Å². The van der Waals surface area contributed by atoms with Crippen LogP contribution in [0.3, 0.4) is 0 Å². The highest BCUT2D eigenvalue weighted by Crippen LogP contribution is 2.42. The van der Waals surface area contributed by atoms with E-state index in [4.69, 9.17) is 0 Å². The Kier molecular flexibility index (Phi) is 2.84. The second-order valence-electron chi connectivity index (χ2n) is 3.07. The smallest absolute Gasteiger partial charge is 0.144 e. The van der Waals surface area contributed by atoms with Gasteiger partial charge < -0.3 is 5.32 Å². The minimum Gasteiger partial charge on any atom is -0.338 e. The number of nitrogens with one attached hydrogen (secondary N) is 1. The summed E-state index contributed by atoms with van der Waals surface area (Å²) in [7, 11) is 0. The maximum atomic E-state index is 4.29. The molecule has 0 fully saturated rings. The number of para-hydroxylation sites is 1. The highest BCUT2D eigenvalue weighted by atomic mass is 35.5. The van der Waals surface area contributed by atoms with E-state index < -0.39 is 0 Å². The summed E-state index contributed by atoms with van der Waals surface area (Å²) in [4.78, 5) is 6.73. The lowest BCUT2D eigenvalue weighted by Crippen LogP contribution is -2.00. The van der Waals surface area contributed by atoms with Crippen molar-refractivity contribution in [1.29, 1.82) is 0 Å². The molecule has 3 rings (SSSR count). The second kappa shape index (κ2) is 4.13. The van der Waals surface area contributed by atoms with Gasteiger partial charge in [-0.25, -0.2) is 4.98 Å². The van der Waals surface area contributed by atoms with Crippen LogP contribution < -0.4 is 5.32 Å². The molecule has 0 unspecified atom stereocenters. The van der Waals surface area contributed by atoms with Gasteiger partial charge in [-0.05, 0) is 24.3 Å². The van der Waals surface area contributed by atoms with Crippen LogP contribution in [0.15, 0.2) is 52.4 Å². The molecule has 0 amide bonds. The number of nitrogens with zero attached hydrogens (tertiary/aromatic N) is 1. The quantitative estimate of drug-likeness (QED) is 0.644. The molecule has 1 aliphatic rings. The predicted molar refractivity (Wildman–Crippen MR) is 65.3 cm³/mol. The van der Waals surface area contributed by atoms with Gasteiger partial charge in [-0.15, -0.1) is 12.4 Å². The lowest BCUT2D eigenvalue weighted by molar-refractivity contribution is 1.19. The van der Waals surface area contributed by atoms with Gasteiger partial charge in [0.05, 0.1) is 10.6 Å². The minimum absolute atomic E-state index is 0. The van der Waals surface area contributed by atoms with Gasteiger partial charge >= 0.3 is 0 Å². The number of rotatable bonds is 0. The van der Waals surface area contributed by atoms with E-state index in [0.717, 1.165) is 11.5 Å². The van der Waals surface area contributed by atoms with Crippen molar-refractivity contribution >= 4 is 35.7 Å². The SMILES string of the molecule is Cl.c1ccc2c(c1)Nc1ncccc1S2. The zero-order valence-electron chi connectivity index (χ0n) is 7.81. The summed E-state index contributed by atoms with van der Waals surface area (Å²) < 4.78 is 0. The molecule has 1 aliphatic heterocycles. The molecule has 0 saturated carbocycles. The lowest BCUT2D eigenvalue weighted by atomic mass is 10.3. The normalized spacial score (nSPS) is 11.7. The Morgan fingerprint density at radius 2 is 1.80 bits per heavy atom. The summed E-state index contributed by atoms with van der Waals surface area (Å²) in [6.07, 6.45) is 1.81. The van der Waals surface area contributed by atoms with Crippen molar-refractivity contribution in [2.45, 2.75) is 9.79 Å². The van der Waals surface area contributed by atoms with E-state index >= 15 is 0 Å². The van der Waals surface area contributed by atoms with Crippen LogP contribution in [0.5, 0.6) is 0 Å². The first-order chi connectivity index (χ1) is 6.93. The van der Waals surface area contributed by atoms with Crippen LogP contribution >= 0.6 is 24.2 Å². The number of pyridine rings is 1. The molecule has 1 aromatic heterocycles. The molecule has 0 saturated heterocycles. The molecule has 15 heavy (non-hydrogen) atoms. The number of anilines is 2. The molecule has 4 heteroatoms. The third-order valence-electron chi connectivity index (χ3n) is 2.13. The van der Waals surface area contributed by atoms with E-state index in [1.54, 1.807) is 18.0 Å². The van der Waals surface area contributed by atoms with Crippen molar-refractivity contribution < 1.29 is 0 Å². The zero-order chi connectivity index (χ0) is 9.38. The zero-order valence-corrected chi connectivity index (χ0v) is 9.44.